The number of hydrazine groups is 1. The van der Waals surface area contributed by atoms with Crippen LogP contribution < -0.4 is 25.1 Å². The van der Waals surface area contributed by atoms with Crippen molar-refractivity contribution in [1.82, 2.24) is 10.9 Å². The van der Waals surface area contributed by atoms with Gasteiger partial charge in [-0.25, -0.2) is 0 Å². The maximum absolute atomic E-state index is 13.1. The van der Waals surface area contributed by atoms with Gasteiger partial charge in [-0.15, -0.1) is 0 Å². The lowest BCUT2D eigenvalue weighted by molar-refractivity contribution is -0.147. The summed E-state index contributed by atoms with van der Waals surface area (Å²) in [4.78, 5) is 26.0. The molecule has 2 amide bonds. The Balaban J connectivity index is 1.47. The number of amides is 2. The van der Waals surface area contributed by atoms with E-state index in [2.05, 4.69) is 10.9 Å². The molecule has 0 spiro atoms. The first-order valence-corrected chi connectivity index (χ1v) is 11.6. The molecule has 0 aliphatic heterocycles. The third kappa shape index (κ3) is 4.32. The van der Waals surface area contributed by atoms with E-state index in [4.69, 9.17) is 14.2 Å². The van der Waals surface area contributed by atoms with E-state index in [0.29, 0.717) is 60.4 Å². The van der Waals surface area contributed by atoms with Crippen molar-refractivity contribution in [2.24, 2.45) is 23.2 Å². The molecule has 4 bridgehead atoms. The second kappa shape index (κ2) is 8.97. The summed E-state index contributed by atoms with van der Waals surface area (Å²) in [6.45, 7) is 6.93. The largest absolute Gasteiger partial charge is 0.490 e. The lowest BCUT2D eigenvalue weighted by Crippen LogP contribution is -2.56. The van der Waals surface area contributed by atoms with Crippen molar-refractivity contribution >= 4 is 11.8 Å². The van der Waals surface area contributed by atoms with Crippen molar-refractivity contribution in [2.75, 3.05) is 19.8 Å². The molecule has 0 saturated heterocycles. The van der Waals surface area contributed by atoms with Gasteiger partial charge in [-0.3, -0.25) is 20.4 Å². The molecule has 31 heavy (non-hydrogen) atoms. The number of hydrogen-bond donors (Lipinski definition) is 2. The highest BCUT2D eigenvalue weighted by atomic mass is 16.5. The van der Waals surface area contributed by atoms with Crippen LogP contribution in [-0.4, -0.2) is 31.6 Å². The number of carbonyl (C=O) groups is 2. The third-order valence-corrected chi connectivity index (χ3v) is 6.98. The minimum Gasteiger partial charge on any atom is -0.490 e. The normalized spacial score (nSPS) is 28.2. The molecular weight excluding hydrogens is 396 g/mol. The smallest absolute Gasteiger partial charge is 0.269 e. The highest BCUT2D eigenvalue weighted by Crippen LogP contribution is 2.60. The highest BCUT2D eigenvalue weighted by Gasteiger charge is 2.54. The molecule has 0 atom stereocenters. The molecule has 7 nitrogen and oxygen atoms in total. The summed E-state index contributed by atoms with van der Waals surface area (Å²) >= 11 is 0. The Labute approximate surface area is 184 Å². The number of ether oxygens (including phenoxy) is 3. The van der Waals surface area contributed by atoms with Gasteiger partial charge in [0, 0.05) is 5.56 Å². The average molecular weight is 431 g/mol. The Morgan fingerprint density at radius 1 is 0.839 bits per heavy atom. The number of rotatable bonds is 8. The van der Waals surface area contributed by atoms with E-state index in [-0.39, 0.29) is 11.3 Å². The fourth-order valence-electron chi connectivity index (χ4n) is 6.23. The summed E-state index contributed by atoms with van der Waals surface area (Å²) in [6, 6.07) is 3.26. The predicted octanol–water partition coefficient (Wildman–Crippen LogP) is 3.86. The Morgan fingerprint density at radius 2 is 1.32 bits per heavy atom. The molecule has 0 unspecified atom stereocenters. The highest BCUT2D eigenvalue weighted by molar-refractivity contribution is 5.97. The van der Waals surface area contributed by atoms with Gasteiger partial charge in [0.05, 0.1) is 25.2 Å². The summed E-state index contributed by atoms with van der Waals surface area (Å²) in [7, 11) is 0. The number of nitrogens with one attached hydrogen (secondary N) is 2. The van der Waals surface area contributed by atoms with Crippen LogP contribution in [0.4, 0.5) is 0 Å². The molecule has 170 valence electrons. The molecule has 0 aromatic heterocycles. The lowest BCUT2D eigenvalue weighted by Gasteiger charge is -2.55. The average Bonchev–Trinajstić information content (AvgIpc) is 2.73. The first-order valence-electron chi connectivity index (χ1n) is 11.6. The Morgan fingerprint density at radius 3 is 1.77 bits per heavy atom. The van der Waals surface area contributed by atoms with E-state index in [0.717, 1.165) is 19.3 Å². The Kier molecular flexibility index (Phi) is 6.30. The Bertz CT molecular complexity index is 775. The zero-order valence-corrected chi connectivity index (χ0v) is 18.8. The van der Waals surface area contributed by atoms with Crippen LogP contribution >= 0.6 is 0 Å². The van der Waals surface area contributed by atoms with Gasteiger partial charge in [0.15, 0.2) is 11.5 Å². The molecule has 4 saturated carbocycles. The van der Waals surface area contributed by atoms with Gasteiger partial charge >= 0.3 is 0 Å². The van der Waals surface area contributed by atoms with Gasteiger partial charge in [-0.1, -0.05) is 0 Å². The summed E-state index contributed by atoms with van der Waals surface area (Å²) in [5.74, 6) is 2.95. The SMILES string of the molecule is CCOc1cc(C(=O)NNC(=O)C23CC4CC(CC(C4)C2)C3)cc(OCC)c1OCC. The summed E-state index contributed by atoms with van der Waals surface area (Å²) in [5.41, 5.74) is 5.39. The second-order valence-corrected chi connectivity index (χ2v) is 9.21. The summed E-state index contributed by atoms with van der Waals surface area (Å²) in [5, 5.41) is 0. The van der Waals surface area contributed by atoms with Gasteiger partial charge in [-0.05, 0) is 89.2 Å². The first kappa shape index (κ1) is 21.8. The van der Waals surface area contributed by atoms with Crippen molar-refractivity contribution in [2.45, 2.75) is 59.3 Å². The third-order valence-electron chi connectivity index (χ3n) is 6.98. The van der Waals surface area contributed by atoms with E-state index in [1.165, 1.54) is 19.3 Å². The molecule has 4 aliphatic rings. The van der Waals surface area contributed by atoms with Gasteiger partial charge in [0.25, 0.3) is 5.91 Å². The van der Waals surface area contributed by atoms with Crippen molar-refractivity contribution in [3.05, 3.63) is 17.7 Å². The molecule has 0 radical (unpaired) electrons. The minimum atomic E-state index is -0.400. The van der Waals surface area contributed by atoms with Crippen LogP contribution in [0.25, 0.3) is 0 Å². The van der Waals surface area contributed by atoms with Crippen LogP contribution in [-0.2, 0) is 4.79 Å². The standard InChI is InChI=1S/C24H34N2O5/c1-4-29-19-10-18(11-20(30-5-2)21(19)31-6-3)22(27)25-26-23(28)24-12-15-7-16(13-24)9-17(8-15)14-24/h10-11,15-17H,4-9,12-14H2,1-3H3,(H,25,27)(H,26,28). The number of hydrogen-bond acceptors (Lipinski definition) is 5. The molecule has 4 aliphatic carbocycles. The van der Waals surface area contributed by atoms with Crippen LogP contribution in [0.3, 0.4) is 0 Å². The predicted molar refractivity (Wildman–Crippen MR) is 116 cm³/mol. The zero-order valence-electron chi connectivity index (χ0n) is 18.8. The van der Waals surface area contributed by atoms with Crippen molar-refractivity contribution in [3.63, 3.8) is 0 Å². The summed E-state index contributed by atoms with van der Waals surface area (Å²) in [6.07, 6.45) is 6.66. The van der Waals surface area contributed by atoms with Crippen molar-refractivity contribution in [3.8, 4) is 17.2 Å². The van der Waals surface area contributed by atoms with E-state index in [1.54, 1.807) is 12.1 Å². The van der Waals surface area contributed by atoms with Crippen LogP contribution in [0.15, 0.2) is 12.1 Å². The Hall–Kier alpha value is -2.44. The minimum absolute atomic E-state index is 0.0408. The van der Waals surface area contributed by atoms with E-state index in [1.807, 2.05) is 20.8 Å². The maximum atomic E-state index is 13.1. The van der Waals surface area contributed by atoms with Gasteiger partial charge in [-0.2, -0.15) is 0 Å². The topological polar surface area (TPSA) is 85.9 Å². The number of carbonyl (C=O) groups excluding carboxylic acids is 2. The maximum Gasteiger partial charge on any atom is 0.269 e. The van der Waals surface area contributed by atoms with E-state index in [9.17, 15) is 9.59 Å². The fraction of sp³-hybridized carbons (Fsp3) is 0.667. The quantitative estimate of drug-likeness (QED) is 0.612. The van der Waals surface area contributed by atoms with Gasteiger partial charge in [0.1, 0.15) is 0 Å². The molecule has 1 aromatic carbocycles. The molecule has 5 rings (SSSR count). The molecule has 7 heteroatoms. The second-order valence-electron chi connectivity index (χ2n) is 9.21. The molecule has 0 heterocycles. The first-order chi connectivity index (χ1) is 15.0. The lowest BCUT2D eigenvalue weighted by atomic mass is 9.49. The van der Waals surface area contributed by atoms with Crippen LogP contribution in [0, 0.1) is 23.2 Å². The molecule has 2 N–H and O–H groups in total. The van der Waals surface area contributed by atoms with E-state index >= 15 is 0 Å². The van der Waals surface area contributed by atoms with Crippen LogP contribution in [0.2, 0.25) is 0 Å². The summed E-state index contributed by atoms with van der Waals surface area (Å²) < 4.78 is 17.1. The van der Waals surface area contributed by atoms with Crippen molar-refractivity contribution in [1.29, 1.82) is 0 Å². The van der Waals surface area contributed by atoms with E-state index < -0.39 is 5.91 Å². The zero-order chi connectivity index (χ0) is 22.0. The van der Waals surface area contributed by atoms with Crippen molar-refractivity contribution < 1.29 is 23.8 Å². The fourth-order valence-corrected chi connectivity index (χ4v) is 6.23. The van der Waals surface area contributed by atoms with Crippen LogP contribution in [0.5, 0.6) is 17.2 Å². The van der Waals surface area contributed by atoms with Crippen LogP contribution in [0.1, 0.15) is 69.7 Å². The van der Waals surface area contributed by atoms with Gasteiger partial charge in [0.2, 0.25) is 11.7 Å². The monoisotopic (exact) mass is 430 g/mol. The molecule has 1 aromatic rings. The molecular formula is C24H34N2O5. The number of benzene rings is 1. The molecule has 4 fully saturated rings. The van der Waals surface area contributed by atoms with Gasteiger partial charge < -0.3 is 14.2 Å².